The Hall–Kier alpha value is -2.95. The third-order valence-electron chi connectivity index (χ3n) is 20.9. The highest BCUT2D eigenvalue weighted by Crippen LogP contribution is 2.76. The molecule has 6 aliphatic rings. The zero-order chi connectivity index (χ0) is 54.5. The first-order valence-corrected chi connectivity index (χ1v) is 27.5. The molecule has 1 saturated heterocycles. The molecule has 16 unspecified atom stereocenters. The Kier molecular flexibility index (Phi) is 17.7. The van der Waals surface area contributed by atoms with E-state index in [0.717, 1.165) is 19.3 Å². The number of hydrogen-bond donors (Lipinski definition) is 6. The second-order valence-electron chi connectivity index (χ2n) is 25.8. The summed E-state index contributed by atoms with van der Waals surface area (Å²) in [5, 5.41) is 65.8. The zero-order valence-corrected chi connectivity index (χ0v) is 46.6. The van der Waals surface area contributed by atoms with Crippen molar-refractivity contribution in [1.82, 2.24) is 0 Å². The number of rotatable bonds is 18. The fourth-order valence-corrected chi connectivity index (χ4v) is 15.2. The van der Waals surface area contributed by atoms with Gasteiger partial charge in [-0.15, -0.1) is 6.58 Å². The summed E-state index contributed by atoms with van der Waals surface area (Å²) in [5.41, 5.74) is -2.97. The van der Waals surface area contributed by atoms with Gasteiger partial charge in [0.1, 0.15) is 23.7 Å². The van der Waals surface area contributed by atoms with Crippen LogP contribution in [0.15, 0.2) is 47.6 Å². The molecule has 5 aliphatic carbocycles. The van der Waals surface area contributed by atoms with Gasteiger partial charge in [0, 0.05) is 11.8 Å². The highest BCUT2D eigenvalue weighted by molar-refractivity contribution is 5.89. The van der Waals surface area contributed by atoms with E-state index in [0.29, 0.717) is 43.4 Å². The summed E-state index contributed by atoms with van der Waals surface area (Å²) in [5.74, 6) is -0.720. The largest absolute Gasteiger partial charge is 0.465 e. The molecule has 0 amide bonds. The molecule has 0 aromatic heterocycles. The number of aliphatic hydroxyl groups is 6. The normalized spacial score (nSPS) is 40.7. The number of allylic oxidation sites excluding steroid dienone is 4. The van der Waals surface area contributed by atoms with Gasteiger partial charge in [0.05, 0.1) is 54.4 Å². The van der Waals surface area contributed by atoms with Gasteiger partial charge < -0.3 is 54.3 Å². The predicted molar refractivity (Wildman–Crippen MR) is 277 cm³/mol. The molecular weight excluding hydrogens is 933 g/mol. The minimum atomic E-state index is -1.62. The van der Waals surface area contributed by atoms with Crippen molar-refractivity contribution >= 4 is 17.9 Å². The van der Waals surface area contributed by atoms with Gasteiger partial charge in [0.15, 0.2) is 12.4 Å². The van der Waals surface area contributed by atoms with Crippen LogP contribution in [0.3, 0.4) is 0 Å². The van der Waals surface area contributed by atoms with Gasteiger partial charge in [-0.3, -0.25) is 4.79 Å². The third kappa shape index (κ3) is 10.7. The van der Waals surface area contributed by atoms with Gasteiger partial charge in [0.2, 0.25) is 0 Å². The first-order chi connectivity index (χ1) is 33.9. The molecule has 5 fully saturated rings. The van der Waals surface area contributed by atoms with Crippen molar-refractivity contribution in [3.63, 3.8) is 0 Å². The van der Waals surface area contributed by atoms with Crippen LogP contribution in [0.5, 0.6) is 0 Å². The highest BCUT2D eigenvalue weighted by Gasteiger charge is 2.72. The Balaban J connectivity index is 1.15. The van der Waals surface area contributed by atoms with Gasteiger partial charge >= 0.3 is 17.9 Å². The maximum Gasteiger partial charge on any atom is 0.336 e. The first-order valence-electron chi connectivity index (χ1n) is 27.5. The molecule has 14 heteroatoms. The lowest BCUT2D eigenvalue weighted by atomic mass is 9.33. The predicted octanol–water partition coefficient (Wildman–Crippen LogP) is 8.38. The Bertz CT molecular complexity index is 2120. The zero-order valence-electron chi connectivity index (χ0n) is 46.6. The van der Waals surface area contributed by atoms with Gasteiger partial charge in [-0.2, -0.15) is 0 Å². The molecule has 0 aromatic carbocycles. The Labute approximate surface area is 436 Å². The summed E-state index contributed by atoms with van der Waals surface area (Å²) < 4.78 is 30.1. The second-order valence-corrected chi connectivity index (χ2v) is 25.8. The molecule has 0 bridgehead atoms. The number of fused-ring (bicyclic) bond motifs is 7. The molecule has 4 saturated carbocycles. The smallest absolute Gasteiger partial charge is 0.336 e. The van der Waals surface area contributed by atoms with E-state index in [9.17, 15) is 45.0 Å². The van der Waals surface area contributed by atoms with Crippen LogP contribution in [0.25, 0.3) is 0 Å². The Morgan fingerprint density at radius 1 is 0.836 bits per heavy atom. The van der Waals surface area contributed by atoms with E-state index < -0.39 is 96.1 Å². The average molecular weight is 1030 g/mol. The van der Waals surface area contributed by atoms with Crippen LogP contribution in [-0.4, -0.2) is 122 Å². The van der Waals surface area contributed by atoms with E-state index in [-0.39, 0.29) is 71.0 Å². The van der Waals surface area contributed by atoms with E-state index in [1.807, 2.05) is 6.92 Å². The van der Waals surface area contributed by atoms with Crippen LogP contribution in [0.1, 0.15) is 173 Å². The Morgan fingerprint density at radius 3 is 2.04 bits per heavy atom. The van der Waals surface area contributed by atoms with Crippen LogP contribution < -0.4 is 0 Å². The minimum absolute atomic E-state index is 0.0294. The van der Waals surface area contributed by atoms with Crippen LogP contribution in [-0.2, 0) is 38.1 Å². The fraction of sp³-hybridized carbons (Fsp3) is 0.814. The van der Waals surface area contributed by atoms with Crippen LogP contribution in [0.2, 0.25) is 0 Å². The maximum absolute atomic E-state index is 14.6. The summed E-state index contributed by atoms with van der Waals surface area (Å²) >= 11 is 0. The number of hydrogen-bond acceptors (Lipinski definition) is 14. The molecule has 0 radical (unpaired) electrons. The van der Waals surface area contributed by atoms with E-state index in [1.54, 1.807) is 33.8 Å². The summed E-state index contributed by atoms with van der Waals surface area (Å²) in [6.07, 6.45) is 6.25. The monoisotopic (exact) mass is 1030 g/mol. The molecule has 0 aromatic rings. The summed E-state index contributed by atoms with van der Waals surface area (Å²) in [6.45, 7) is 30.0. The van der Waals surface area contributed by atoms with Crippen molar-refractivity contribution in [2.75, 3.05) is 19.8 Å². The first kappa shape index (κ1) is 59.3. The molecule has 1 heterocycles. The van der Waals surface area contributed by atoms with Gasteiger partial charge in [0.25, 0.3) is 0 Å². The SMILES string of the molecule is C=CC(C)(O)CC/C=C(\CO)C(=O)OC1C(C)OC(O[C@](C)(CC)CC/C=C(\CO)C(=O)OC2CC3(C(=O)OCC)C(O)CC4(C)C(=CCC5C6(C)CCC(C)C(C)(C)C6CCC54C)C3CC2(C)C)C(O)C1O. The Morgan fingerprint density at radius 2 is 1.45 bits per heavy atom. The van der Waals surface area contributed by atoms with Gasteiger partial charge in [-0.1, -0.05) is 92.2 Å². The minimum Gasteiger partial charge on any atom is -0.465 e. The number of aliphatic hydroxyl groups excluding tert-OH is 5. The molecule has 6 rings (SSSR count). The molecule has 6 N–H and O–H groups in total. The van der Waals surface area contributed by atoms with Crippen molar-refractivity contribution in [2.45, 2.75) is 228 Å². The maximum atomic E-state index is 14.6. The van der Waals surface area contributed by atoms with E-state index in [2.05, 4.69) is 68.0 Å². The summed E-state index contributed by atoms with van der Waals surface area (Å²) in [6, 6.07) is 0. The topological polar surface area (TPSA) is 219 Å². The second kappa shape index (κ2) is 21.8. The average Bonchev–Trinajstić information content (AvgIpc) is 3.31. The van der Waals surface area contributed by atoms with Crippen molar-refractivity contribution in [1.29, 1.82) is 0 Å². The number of carbonyl (C=O) groups is 3. The van der Waals surface area contributed by atoms with Gasteiger partial charge in [-0.05, 0) is 150 Å². The van der Waals surface area contributed by atoms with Crippen molar-refractivity contribution in [3.8, 4) is 0 Å². The van der Waals surface area contributed by atoms with Gasteiger partial charge in [-0.25, -0.2) is 9.59 Å². The van der Waals surface area contributed by atoms with E-state index in [4.69, 9.17) is 23.7 Å². The molecule has 0 spiro atoms. The van der Waals surface area contributed by atoms with E-state index in [1.165, 1.54) is 30.6 Å². The third-order valence-corrected chi connectivity index (χ3v) is 20.9. The standard InChI is InChI=1S/C59H94O14/c1-15-54(10,68)26-18-20-38(34-61)49(66)72-47-36(5)70-50(46(64)45(47)63)73-55(11,16-2)27-19-21-37(33-60)48(65)71-44-32-59(51(67)69-17-3)40(30-52(44,6)7)39-22-23-42-56(12)28-24-35(4)53(8,9)41(56)25-29-57(42,13)58(39,14)31-43(59)62/h15,20-22,35-36,40-47,50,60-64,68H,1,16-19,23-34H2,2-14H3/b37-21+,38-20+/t35?,36?,40?,41?,42?,43?,44?,45?,46?,47?,50?,54?,55-,56?,57?,58?,59?/m1/s1. The molecule has 414 valence electrons. The van der Waals surface area contributed by atoms with Crippen molar-refractivity contribution in [3.05, 3.63) is 47.6 Å². The molecule has 17 atom stereocenters. The molecule has 73 heavy (non-hydrogen) atoms. The lowest BCUT2D eigenvalue weighted by Gasteiger charge is -2.72. The fourth-order valence-electron chi connectivity index (χ4n) is 15.2. The van der Waals surface area contributed by atoms with Crippen LogP contribution in [0, 0.1) is 56.2 Å². The molecule has 1 aliphatic heterocycles. The van der Waals surface area contributed by atoms with Crippen LogP contribution in [0.4, 0.5) is 0 Å². The number of ether oxygens (including phenoxy) is 5. The number of carbonyl (C=O) groups excluding carboxylic acids is 3. The quantitative estimate of drug-likeness (QED) is 0.0329. The molecular formula is C59H94O14. The molecule has 14 nitrogen and oxygen atoms in total. The summed E-state index contributed by atoms with van der Waals surface area (Å²) in [4.78, 5) is 41.8. The van der Waals surface area contributed by atoms with Crippen molar-refractivity contribution in [2.24, 2.45) is 56.2 Å². The lowest BCUT2D eigenvalue weighted by Crippen LogP contribution is -2.68. The lowest BCUT2D eigenvalue weighted by molar-refractivity contribution is -0.320. The number of esters is 3. The van der Waals surface area contributed by atoms with Crippen molar-refractivity contribution < 1.29 is 68.7 Å². The highest BCUT2D eigenvalue weighted by atomic mass is 16.7. The van der Waals surface area contributed by atoms with E-state index >= 15 is 0 Å². The summed E-state index contributed by atoms with van der Waals surface area (Å²) in [7, 11) is 0. The van der Waals surface area contributed by atoms with Crippen LogP contribution >= 0.6 is 0 Å².